The van der Waals surface area contributed by atoms with Gasteiger partial charge in [-0.05, 0) is 62.1 Å². The molecule has 0 spiro atoms. The molecule has 0 aliphatic carbocycles. The highest BCUT2D eigenvalue weighted by atomic mass is 16.5. The topological polar surface area (TPSA) is 101 Å². The Morgan fingerprint density at radius 3 is 2.62 bits per heavy atom. The Morgan fingerprint density at radius 2 is 1.94 bits per heavy atom. The zero-order valence-electron chi connectivity index (χ0n) is 19.0. The quantitative estimate of drug-likeness (QED) is 0.472. The number of aliphatic imine (C=N–C) groups is 1. The van der Waals surface area contributed by atoms with Crippen molar-refractivity contribution < 1.29 is 19.1 Å². The highest BCUT2D eigenvalue weighted by Crippen LogP contribution is 2.25. The second-order valence-corrected chi connectivity index (χ2v) is 7.82. The zero-order valence-corrected chi connectivity index (χ0v) is 19.0. The van der Waals surface area contributed by atoms with Gasteiger partial charge in [-0.15, -0.1) is 0 Å². The second-order valence-electron chi connectivity index (χ2n) is 7.82. The van der Waals surface area contributed by atoms with Crippen molar-refractivity contribution in [2.24, 2.45) is 4.99 Å². The summed E-state index contributed by atoms with van der Waals surface area (Å²) in [4.78, 5) is 29.1. The maximum atomic E-state index is 13.0. The largest absolute Gasteiger partial charge is 0.495 e. The van der Waals surface area contributed by atoms with Gasteiger partial charge < -0.3 is 20.1 Å². The number of carbonyl (C=O) groups is 2. The van der Waals surface area contributed by atoms with E-state index in [0.717, 1.165) is 30.6 Å². The maximum absolute atomic E-state index is 13.0. The molecule has 3 N–H and O–H groups in total. The molecule has 0 bridgehead atoms. The van der Waals surface area contributed by atoms with E-state index in [4.69, 9.17) is 9.47 Å². The van der Waals surface area contributed by atoms with Crippen LogP contribution in [0.1, 0.15) is 41.3 Å². The lowest BCUT2D eigenvalue weighted by atomic mass is 10.1. The zero-order chi connectivity index (χ0) is 23.1. The van der Waals surface area contributed by atoms with E-state index >= 15 is 0 Å². The van der Waals surface area contributed by atoms with Gasteiger partial charge in [0.2, 0.25) is 11.9 Å². The van der Waals surface area contributed by atoms with Crippen LogP contribution in [0.15, 0.2) is 41.4 Å². The summed E-state index contributed by atoms with van der Waals surface area (Å²) in [7, 11) is 1.59. The molecule has 1 aliphatic heterocycles. The van der Waals surface area contributed by atoms with Crippen molar-refractivity contribution in [3.8, 4) is 5.75 Å². The van der Waals surface area contributed by atoms with Crippen LogP contribution in [0, 0.1) is 13.8 Å². The number of rotatable bonds is 6. The van der Waals surface area contributed by atoms with Crippen LogP contribution in [-0.4, -0.2) is 44.1 Å². The van der Waals surface area contributed by atoms with Crippen molar-refractivity contribution in [1.82, 2.24) is 5.32 Å². The number of hydrogen-bond donors (Lipinski definition) is 3. The number of guanidine groups is 1. The Morgan fingerprint density at radius 1 is 1.12 bits per heavy atom. The van der Waals surface area contributed by atoms with Gasteiger partial charge in [-0.2, -0.15) is 0 Å². The first-order valence-electron chi connectivity index (χ1n) is 10.6. The molecule has 3 rings (SSSR count). The number of amides is 2. The predicted molar refractivity (Wildman–Crippen MR) is 126 cm³/mol. The van der Waals surface area contributed by atoms with Gasteiger partial charge in [0.05, 0.1) is 25.4 Å². The molecule has 2 aromatic carbocycles. The van der Waals surface area contributed by atoms with E-state index in [2.05, 4.69) is 20.9 Å². The Hall–Kier alpha value is -3.39. The van der Waals surface area contributed by atoms with Crippen LogP contribution in [0.2, 0.25) is 0 Å². The van der Waals surface area contributed by atoms with Gasteiger partial charge in [-0.1, -0.05) is 12.1 Å². The third kappa shape index (κ3) is 6.31. The first kappa shape index (κ1) is 23.3. The van der Waals surface area contributed by atoms with Crippen LogP contribution in [-0.2, 0) is 9.53 Å². The van der Waals surface area contributed by atoms with Crippen molar-refractivity contribution in [3.63, 3.8) is 0 Å². The average molecular weight is 439 g/mol. The SMILES string of the molecule is COc1ccc(C)cc1NC(=NCC1CCCO1)NC(=O)c1ccc(C)c(NC(C)=O)c1. The fraction of sp³-hybridized carbons (Fsp3) is 0.375. The van der Waals surface area contributed by atoms with Crippen LogP contribution in [0.5, 0.6) is 5.75 Å². The Bertz CT molecular complexity index is 1010. The molecule has 170 valence electrons. The monoisotopic (exact) mass is 438 g/mol. The fourth-order valence-corrected chi connectivity index (χ4v) is 3.41. The van der Waals surface area contributed by atoms with Gasteiger partial charge in [-0.3, -0.25) is 14.9 Å². The summed E-state index contributed by atoms with van der Waals surface area (Å²) in [6, 6.07) is 10.9. The lowest BCUT2D eigenvalue weighted by Gasteiger charge is -2.16. The first-order chi connectivity index (χ1) is 15.4. The molecular weight excluding hydrogens is 408 g/mol. The van der Waals surface area contributed by atoms with Crippen molar-refractivity contribution in [2.45, 2.75) is 39.7 Å². The summed E-state index contributed by atoms with van der Waals surface area (Å²) in [5.41, 5.74) is 3.60. The van der Waals surface area contributed by atoms with Crippen LogP contribution in [0.25, 0.3) is 0 Å². The normalized spacial score (nSPS) is 15.9. The van der Waals surface area contributed by atoms with Crippen LogP contribution in [0.4, 0.5) is 11.4 Å². The predicted octanol–water partition coefficient (Wildman–Crippen LogP) is 3.65. The summed E-state index contributed by atoms with van der Waals surface area (Å²) in [6.45, 7) is 6.44. The smallest absolute Gasteiger partial charge is 0.258 e. The van der Waals surface area contributed by atoms with E-state index in [1.54, 1.807) is 25.3 Å². The Kier molecular flexibility index (Phi) is 7.83. The summed E-state index contributed by atoms with van der Waals surface area (Å²) in [5, 5.41) is 8.79. The van der Waals surface area contributed by atoms with E-state index in [9.17, 15) is 9.59 Å². The number of aryl methyl sites for hydroxylation is 2. The molecule has 32 heavy (non-hydrogen) atoms. The lowest BCUT2D eigenvalue weighted by molar-refractivity contribution is -0.114. The number of hydrogen-bond acceptors (Lipinski definition) is 5. The lowest BCUT2D eigenvalue weighted by Crippen LogP contribution is -2.37. The van der Waals surface area contributed by atoms with Gasteiger partial charge in [0, 0.05) is 24.8 Å². The number of ether oxygens (including phenoxy) is 2. The summed E-state index contributed by atoms with van der Waals surface area (Å²) >= 11 is 0. The van der Waals surface area contributed by atoms with Gasteiger partial charge in [-0.25, -0.2) is 4.99 Å². The number of benzene rings is 2. The van der Waals surface area contributed by atoms with Crippen molar-refractivity contribution in [1.29, 1.82) is 0 Å². The van der Waals surface area contributed by atoms with Crippen LogP contribution < -0.4 is 20.7 Å². The molecule has 0 saturated carbocycles. The van der Waals surface area contributed by atoms with Gasteiger partial charge in [0.25, 0.3) is 5.91 Å². The summed E-state index contributed by atoms with van der Waals surface area (Å²) in [6.07, 6.45) is 1.99. The highest BCUT2D eigenvalue weighted by Gasteiger charge is 2.17. The molecule has 1 aliphatic rings. The molecule has 0 radical (unpaired) electrons. The van der Waals surface area contributed by atoms with E-state index in [-0.39, 0.29) is 17.9 Å². The molecular formula is C24H30N4O4. The van der Waals surface area contributed by atoms with Crippen LogP contribution >= 0.6 is 0 Å². The molecule has 1 fully saturated rings. The van der Waals surface area contributed by atoms with Crippen molar-refractivity contribution in [3.05, 3.63) is 53.1 Å². The molecule has 8 nitrogen and oxygen atoms in total. The Balaban J connectivity index is 1.83. The molecule has 2 amide bonds. The van der Waals surface area contributed by atoms with Crippen molar-refractivity contribution >= 4 is 29.1 Å². The van der Waals surface area contributed by atoms with Crippen molar-refractivity contribution in [2.75, 3.05) is 30.9 Å². The Labute approximate surface area is 188 Å². The van der Waals surface area contributed by atoms with Crippen LogP contribution in [0.3, 0.4) is 0 Å². The minimum Gasteiger partial charge on any atom is -0.495 e. The fourth-order valence-electron chi connectivity index (χ4n) is 3.41. The minimum atomic E-state index is -0.346. The molecule has 1 saturated heterocycles. The number of carbonyl (C=O) groups excluding carboxylic acids is 2. The minimum absolute atomic E-state index is 0.0360. The van der Waals surface area contributed by atoms with E-state index in [1.807, 2.05) is 32.0 Å². The second kappa shape index (κ2) is 10.8. The highest BCUT2D eigenvalue weighted by molar-refractivity contribution is 6.10. The number of nitrogens with zero attached hydrogens (tertiary/aromatic N) is 1. The van der Waals surface area contributed by atoms with E-state index < -0.39 is 0 Å². The third-order valence-electron chi connectivity index (χ3n) is 5.13. The molecule has 1 unspecified atom stereocenters. The molecule has 2 aromatic rings. The first-order valence-corrected chi connectivity index (χ1v) is 10.6. The van der Waals surface area contributed by atoms with E-state index in [1.165, 1.54) is 6.92 Å². The van der Waals surface area contributed by atoms with Gasteiger partial charge in [0.15, 0.2) is 0 Å². The number of anilines is 2. The third-order valence-corrected chi connectivity index (χ3v) is 5.13. The van der Waals surface area contributed by atoms with Gasteiger partial charge in [0.1, 0.15) is 5.75 Å². The molecule has 1 heterocycles. The van der Waals surface area contributed by atoms with Gasteiger partial charge >= 0.3 is 0 Å². The molecule has 8 heteroatoms. The maximum Gasteiger partial charge on any atom is 0.258 e. The summed E-state index contributed by atoms with van der Waals surface area (Å²) in [5.74, 6) is 0.397. The number of methoxy groups -OCH3 is 1. The van der Waals surface area contributed by atoms with E-state index in [0.29, 0.717) is 35.2 Å². The number of nitrogens with one attached hydrogen (secondary N) is 3. The summed E-state index contributed by atoms with van der Waals surface area (Å²) < 4.78 is 11.1. The average Bonchev–Trinajstić information content (AvgIpc) is 3.27. The molecule has 0 aromatic heterocycles. The molecule has 1 atom stereocenters. The standard InChI is InChI=1S/C24H30N4O4/c1-15-7-10-22(31-4)21(12-15)27-24(25-14-19-6-5-11-32-19)28-23(30)18-9-8-16(2)20(13-18)26-17(3)29/h7-10,12-13,19H,5-6,11,14H2,1-4H3,(H,26,29)(H2,25,27,28,30).